The number of carbonyl (C=O) groups is 1. The molecule has 5 nitrogen and oxygen atoms in total. The number of aliphatic hydroxyl groups is 1. The summed E-state index contributed by atoms with van der Waals surface area (Å²) in [5, 5.41) is 21.2. The third-order valence-electron chi connectivity index (χ3n) is 2.13. The third kappa shape index (κ3) is 4.14. The number of nitrogens with one attached hydrogen (secondary N) is 1. The number of ether oxygens (including phenoxy) is 1. The van der Waals surface area contributed by atoms with Crippen LogP contribution in [0.4, 0.5) is 0 Å². The van der Waals surface area contributed by atoms with E-state index >= 15 is 0 Å². The van der Waals surface area contributed by atoms with Crippen LogP contribution in [-0.2, 0) is 4.74 Å². The molecule has 94 valence electrons. The van der Waals surface area contributed by atoms with Crippen molar-refractivity contribution in [3.05, 3.63) is 27.3 Å². The lowest BCUT2D eigenvalue weighted by molar-refractivity contribution is 0.0837. The summed E-state index contributed by atoms with van der Waals surface area (Å²) in [5.41, 5.74) is 0.187. The van der Waals surface area contributed by atoms with Gasteiger partial charge in [0, 0.05) is 10.7 Å². The number of benzene rings is 1. The number of halogens is 1. The molecule has 0 heterocycles. The molecule has 0 aliphatic rings. The minimum Gasteiger partial charge on any atom is -0.507 e. The lowest BCUT2D eigenvalue weighted by atomic mass is 10.2. The topological polar surface area (TPSA) is 78.8 Å². The SMILES string of the molecule is COCC(CO)NC(=O)c1cc(I)ccc1O. The summed E-state index contributed by atoms with van der Waals surface area (Å²) in [4.78, 5) is 11.8. The normalized spacial score (nSPS) is 12.2. The molecule has 1 aromatic carbocycles. The number of methoxy groups -OCH3 is 1. The number of amides is 1. The van der Waals surface area contributed by atoms with Crippen molar-refractivity contribution in [3.63, 3.8) is 0 Å². The van der Waals surface area contributed by atoms with Crippen LogP contribution in [0.1, 0.15) is 10.4 Å². The lowest BCUT2D eigenvalue weighted by Crippen LogP contribution is -2.40. The van der Waals surface area contributed by atoms with Crippen LogP contribution >= 0.6 is 22.6 Å². The van der Waals surface area contributed by atoms with Gasteiger partial charge in [0.05, 0.1) is 24.8 Å². The average Bonchev–Trinajstić information content (AvgIpc) is 2.31. The molecule has 0 aliphatic carbocycles. The van der Waals surface area contributed by atoms with Gasteiger partial charge in [0.15, 0.2) is 0 Å². The van der Waals surface area contributed by atoms with Crippen LogP contribution < -0.4 is 5.32 Å². The molecule has 17 heavy (non-hydrogen) atoms. The van der Waals surface area contributed by atoms with Crippen molar-refractivity contribution < 1.29 is 19.7 Å². The maximum absolute atomic E-state index is 11.8. The highest BCUT2D eigenvalue weighted by Gasteiger charge is 2.16. The summed E-state index contributed by atoms with van der Waals surface area (Å²) < 4.78 is 5.69. The Labute approximate surface area is 113 Å². The smallest absolute Gasteiger partial charge is 0.255 e. The molecule has 0 saturated heterocycles. The fourth-order valence-corrected chi connectivity index (χ4v) is 1.79. The van der Waals surface area contributed by atoms with Crippen LogP contribution in [0.3, 0.4) is 0 Å². The number of aliphatic hydroxyl groups excluding tert-OH is 1. The molecule has 1 amide bonds. The maximum Gasteiger partial charge on any atom is 0.255 e. The molecule has 1 atom stereocenters. The van der Waals surface area contributed by atoms with Crippen LogP contribution in [0.15, 0.2) is 18.2 Å². The van der Waals surface area contributed by atoms with Gasteiger partial charge in [-0.15, -0.1) is 0 Å². The highest BCUT2D eigenvalue weighted by molar-refractivity contribution is 14.1. The Bertz CT molecular complexity index is 397. The molecule has 1 unspecified atom stereocenters. The number of phenols is 1. The van der Waals surface area contributed by atoms with E-state index in [-0.39, 0.29) is 24.5 Å². The monoisotopic (exact) mass is 351 g/mol. The molecule has 0 saturated carbocycles. The zero-order valence-corrected chi connectivity index (χ0v) is 11.5. The van der Waals surface area contributed by atoms with Gasteiger partial charge in [-0.05, 0) is 40.8 Å². The van der Waals surface area contributed by atoms with E-state index in [1.54, 1.807) is 12.1 Å². The molecule has 6 heteroatoms. The molecular weight excluding hydrogens is 337 g/mol. The molecule has 0 bridgehead atoms. The predicted molar refractivity (Wildman–Crippen MR) is 71.0 cm³/mol. The Hall–Kier alpha value is -0.860. The van der Waals surface area contributed by atoms with Crippen molar-refractivity contribution in [1.82, 2.24) is 5.32 Å². The highest BCUT2D eigenvalue weighted by Crippen LogP contribution is 2.19. The quantitative estimate of drug-likeness (QED) is 0.684. The molecule has 0 radical (unpaired) electrons. The Morgan fingerprint density at radius 3 is 2.88 bits per heavy atom. The average molecular weight is 351 g/mol. The fraction of sp³-hybridized carbons (Fsp3) is 0.364. The number of hydrogen-bond acceptors (Lipinski definition) is 4. The molecule has 0 spiro atoms. The number of rotatable bonds is 5. The standard InChI is InChI=1S/C11H14INO4/c1-17-6-8(5-14)13-11(16)9-4-7(12)2-3-10(9)15/h2-4,8,14-15H,5-6H2,1H3,(H,13,16). The first-order valence-electron chi connectivity index (χ1n) is 4.97. The van der Waals surface area contributed by atoms with Crippen molar-refractivity contribution in [3.8, 4) is 5.75 Å². The zero-order valence-electron chi connectivity index (χ0n) is 9.31. The summed E-state index contributed by atoms with van der Waals surface area (Å²) in [7, 11) is 1.48. The number of carbonyl (C=O) groups excluding carboxylic acids is 1. The molecule has 0 aliphatic heterocycles. The molecule has 3 N–H and O–H groups in total. The van der Waals surface area contributed by atoms with Gasteiger partial charge in [0.25, 0.3) is 5.91 Å². The second-order valence-electron chi connectivity index (χ2n) is 3.47. The Balaban J connectivity index is 2.78. The second-order valence-corrected chi connectivity index (χ2v) is 4.72. The van der Waals surface area contributed by atoms with Gasteiger partial charge in [-0.25, -0.2) is 0 Å². The largest absolute Gasteiger partial charge is 0.507 e. The van der Waals surface area contributed by atoms with E-state index in [2.05, 4.69) is 5.32 Å². The summed E-state index contributed by atoms with van der Waals surface area (Å²) in [6, 6.07) is 4.25. The van der Waals surface area contributed by atoms with E-state index in [0.29, 0.717) is 0 Å². The fourth-order valence-electron chi connectivity index (χ4n) is 1.29. The minimum atomic E-state index is -0.482. The van der Waals surface area contributed by atoms with Crippen molar-refractivity contribution in [2.75, 3.05) is 20.3 Å². The van der Waals surface area contributed by atoms with Crippen molar-refractivity contribution >= 4 is 28.5 Å². The van der Waals surface area contributed by atoms with Gasteiger partial charge < -0.3 is 20.3 Å². The van der Waals surface area contributed by atoms with Gasteiger partial charge in [0.2, 0.25) is 0 Å². The summed E-state index contributed by atoms with van der Waals surface area (Å²) in [6.07, 6.45) is 0. The van der Waals surface area contributed by atoms with Crippen molar-refractivity contribution in [2.45, 2.75) is 6.04 Å². The van der Waals surface area contributed by atoms with Gasteiger partial charge in [0.1, 0.15) is 5.75 Å². The second kappa shape index (κ2) is 6.77. The first kappa shape index (κ1) is 14.2. The van der Waals surface area contributed by atoms with Crippen LogP contribution in [0.25, 0.3) is 0 Å². The minimum absolute atomic E-state index is 0.0861. The van der Waals surface area contributed by atoms with E-state index in [0.717, 1.165) is 3.57 Å². The summed E-state index contributed by atoms with van der Waals surface area (Å²) in [6.45, 7) is -0.00278. The van der Waals surface area contributed by atoms with E-state index < -0.39 is 11.9 Å². The van der Waals surface area contributed by atoms with Gasteiger partial charge in [-0.1, -0.05) is 0 Å². The molecular formula is C11H14INO4. The van der Waals surface area contributed by atoms with Crippen LogP contribution in [0.5, 0.6) is 5.75 Å². The van der Waals surface area contributed by atoms with Crippen LogP contribution in [0, 0.1) is 3.57 Å². The van der Waals surface area contributed by atoms with Crippen LogP contribution in [-0.4, -0.2) is 42.5 Å². The predicted octanol–water partition coefficient (Wildman–Crippen LogP) is 0.734. The Morgan fingerprint density at radius 1 is 1.59 bits per heavy atom. The highest BCUT2D eigenvalue weighted by atomic mass is 127. The molecule has 0 fully saturated rings. The van der Waals surface area contributed by atoms with Crippen molar-refractivity contribution in [2.24, 2.45) is 0 Å². The van der Waals surface area contributed by atoms with Gasteiger partial charge >= 0.3 is 0 Å². The van der Waals surface area contributed by atoms with Gasteiger partial charge in [-0.2, -0.15) is 0 Å². The Kier molecular flexibility index (Phi) is 5.66. The first-order chi connectivity index (χ1) is 8.08. The Morgan fingerprint density at radius 2 is 2.29 bits per heavy atom. The first-order valence-corrected chi connectivity index (χ1v) is 6.05. The van der Waals surface area contributed by atoms with Gasteiger partial charge in [-0.3, -0.25) is 4.79 Å². The number of hydrogen-bond donors (Lipinski definition) is 3. The molecule has 1 rings (SSSR count). The van der Waals surface area contributed by atoms with E-state index in [1.165, 1.54) is 13.2 Å². The summed E-state index contributed by atoms with van der Waals surface area (Å²) in [5.74, 6) is -0.519. The van der Waals surface area contributed by atoms with Crippen molar-refractivity contribution in [1.29, 1.82) is 0 Å². The lowest BCUT2D eigenvalue weighted by Gasteiger charge is -2.15. The zero-order chi connectivity index (χ0) is 12.8. The van der Waals surface area contributed by atoms with E-state index in [9.17, 15) is 9.90 Å². The number of aromatic hydroxyl groups is 1. The summed E-state index contributed by atoms with van der Waals surface area (Å²) >= 11 is 2.05. The maximum atomic E-state index is 11.8. The van der Waals surface area contributed by atoms with Crippen LogP contribution in [0.2, 0.25) is 0 Å². The molecule has 1 aromatic rings. The molecule has 0 aromatic heterocycles. The van der Waals surface area contributed by atoms with E-state index in [4.69, 9.17) is 9.84 Å². The third-order valence-corrected chi connectivity index (χ3v) is 2.80. The van der Waals surface area contributed by atoms with E-state index in [1.807, 2.05) is 22.6 Å². The number of phenolic OH excluding ortho intramolecular Hbond substituents is 1.